The molecule has 0 aliphatic carbocycles. The first-order valence-corrected chi connectivity index (χ1v) is 15.7. The first-order valence-electron chi connectivity index (χ1n) is 10.8. The number of rotatable bonds is 4. The lowest BCUT2D eigenvalue weighted by atomic mass is 10.3. The number of aromatic nitrogens is 2. The Hall–Kier alpha value is -3.44. The smallest absolute Gasteiger partial charge is 0.155 e. The fourth-order valence-corrected chi connectivity index (χ4v) is 9.42. The van der Waals surface area contributed by atoms with E-state index in [-0.39, 0.29) is 0 Å². The Balaban J connectivity index is 1.19. The standard InChI is InChI=1S/C29H12N2S6/c1-3-4-5-6-7-8-9-19-11-13-21(33-19)23-15-17-25(35-23)27-31-29-28(37-27)30-26(36-29)24-16-14-22(34-24)20-12-10-18(2)32-20/h1,10-17H,2H3. The normalized spacial score (nSPS) is 10.2. The molecule has 0 aromatic carbocycles. The van der Waals surface area contributed by atoms with Crippen molar-refractivity contribution in [2.24, 2.45) is 0 Å². The van der Waals surface area contributed by atoms with Crippen molar-refractivity contribution in [2.75, 3.05) is 0 Å². The van der Waals surface area contributed by atoms with Crippen LogP contribution < -0.4 is 0 Å². The number of hydrogen-bond donors (Lipinski definition) is 0. The fraction of sp³-hybridized carbons (Fsp3) is 0.0345. The average molecular weight is 581 g/mol. The molecule has 8 heteroatoms. The maximum absolute atomic E-state index is 5.06. The van der Waals surface area contributed by atoms with Crippen molar-refractivity contribution in [1.82, 2.24) is 9.97 Å². The van der Waals surface area contributed by atoms with Crippen LogP contribution >= 0.6 is 68.0 Å². The molecule has 0 aliphatic heterocycles. The summed E-state index contributed by atoms with van der Waals surface area (Å²) in [5.74, 6) is 18.4. The summed E-state index contributed by atoms with van der Waals surface area (Å²) < 4.78 is 0. The summed E-state index contributed by atoms with van der Waals surface area (Å²) in [6.07, 6.45) is 5.06. The van der Waals surface area contributed by atoms with Crippen LogP contribution in [-0.4, -0.2) is 9.97 Å². The molecule has 0 saturated carbocycles. The maximum Gasteiger partial charge on any atom is 0.155 e. The predicted octanol–water partition coefficient (Wildman–Crippen LogP) is 8.97. The predicted molar refractivity (Wildman–Crippen MR) is 165 cm³/mol. The molecule has 6 rings (SSSR count). The van der Waals surface area contributed by atoms with Crippen LogP contribution in [-0.2, 0) is 0 Å². The van der Waals surface area contributed by atoms with Crippen LogP contribution in [0.4, 0.5) is 0 Å². The van der Waals surface area contributed by atoms with E-state index in [2.05, 4.69) is 90.8 Å². The highest BCUT2D eigenvalue weighted by Crippen LogP contribution is 2.44. The van der Waals surface area contributed by atoms with E-state index in [1.54, 1.807) is 56.7 Å². The molecule has 0 unspecified atom stereocenters. The van der Waals surface area contributed by atoms with E-state index in [4.69, 9.17) is 16.4 Å². The minimum Gasteiger partial charge on any atom is -0.222 e. The van der Waals surface area contributed by atoms with Crippen LogP contribution in [0.15, 0.2) is 48.5 Å². The molecule has 37 heavy (non-hydrogen) atoms. The summed E-state index contributed by atoms with van der Waals surface area (Å²) in [7, 11) is 0. The molecular formula is C29H12N2S6. The third kappa shape index (κ3) is 5.19. The number of terminal acetylenes is 1. The van der Waals surface area contributed by atoms with E-state index in [0.29, 0.717) is 0 Å². The average Bonchev–Trinajstić information content (AvgIpc) is 3.71. The number of thiazole rings is 2. The molecule has 0 fully saturated rings. The third-order valence-electron chi connectivity index (χ3n) is 4.95. The number of fused-ring (bicyclic) bond motifs is 1. The van der Waals surface area contributed by atoms with E-state index in [9.17, 15) is 0 Å². The van der Waals surface area contributed by atoms with Gasteiger partial charge in [-0.15, -0.1) is 51.8 Å². The van der Waals surface area contributed by atoms with Crippen molar-refractivity contribution in [3.8, 4) is 87.1 Å². The molecule has 6 heterocycles. The summed E-state index contributed by atoms with van der Waals surface area (Å²) in [6.45, 7) is 2.14. The number of thiophene rings is 4. The van der Waals surface area contributed by atoms with Crippen LogP contribution in [0.2, 0.25) is 0 Å². The monoisotopic (exact) mass is 580 g/mol. The minimum absolute atomic E-state index is 0.960. The van der Waals surface area contributed by atoms with Gasteiger partial charge in [-0.2, -0.15) is 0 Å². The highest BCUT2D eigenvalue weighted by atomic mass is 32.1. The van der Waals surface area contributed by atoms with Crippen LogP contribution in [0.3, 0.4) is 0 Å². The molecule has 0 saturated heterocycles. The van der Waals surface area contributed by atoms with Gasteiger partial charge in [0.05, 0.1) is 14.6 Å². The van der Waals surface area contributed by atoms with Crippen molar-refractivity contribution in [3.63, 3.8) is 0 Å². The molecule has 0 spiro atoms. The van der Waals surface area contributed by atoms with Crippen LogP contribution in [0.5, 0.6) is 0 Å². The van der Waals surface area contributed by atoms with E-state index < -0.39 is 0 Å². The number of nitrogens with zero attached hydrogens (tertiary/aromatic N) is 2. The first kappa shape index (κ1) is 23.9. The van der Waals surface area contributed by atoms with Crippen molar-refractivity contribution >= 4 is 77.7 Å². The quantitative estimate of drug-likeness (QED) is 0.195. The molecule has 0 atom stereocenters. The molecule has 0 radical (unpaired) electrons. The molecule has 0 aliphatic rings. The summed E-state index contributed by atoms with van der Waals surface area (Å²) in [6, 6.07) is 17.1. The molecule has 2 nitrogen and oxygen atoms in total. The van der Waals surface area contributed by atoms with Crippen molar-refractivity contribution < 1.29 is 0 Å². The van der Waals surface area contributed by atoms with Gasteiger partial charge in [-0.05, 0) is 96.9 Å². The molecule has 174 valence electrons. The van der Waals surface area contributed by atoms with Crippen LogP contribution in [0.25, 0.3) is 48.9 Å². The Labute approximate surface area is 238 Å². The second-order valence-electron chi connectivity index (χ2n) is 7.44. The van der Waals surface area contributed by atoms with Gasteiger partial charge >= 0.3 is 0 Å². The van der Waals surface area contributed by atoms with Gasteiger partial charge < -0.3 is 0 Å². The Morgan fingerprint density at radius 1 is 0.541 bits per heavy atom. The van der Waals surface area contributed by atoms with Crippen LogP contribution in [0, 0.1) is 54.8 Å². The number of aryl methyl sites for hydroxylation is 1. The largest absolute Gasteiger partial charge is 0.222 e. The summed E-state index contributed by atoms with van der Waals surface area (Å²) in [5, 5.41) is 2.05. The van der Waals surface area contributed by atoms with E-state index in [0.717, 1.165) is 29.4 Å². The minimum atomic E-state index is 0.960. The van der Waals surface area contributed by atoms with Gasteiger partial charge in [0.2, 0.25) is 0 Å². The molecule has 6 aromatic heterocycles. The Morgan fingerprint density at radius 3 is 1.68 bits per heavy atom. The molecule has 0 amide bonds. The highest BCUT2D eigenvalue weighted by Gasteiger charge is 2.16. The lowest BCUT2D eigenvalue weighted by Gasteiger charge is -1.91. The number of hydrogen-bond acceptors (Lipinski definition) is 8. The van der Waals surface area contributed by atoms with Gasteiger partial charge in [-0.1, -0.05) is 22.7 Å². The summed E-state index contributed by atoms with van der Waals surface area (Å²) in [5.41, 5.74) is 0. The summed E-state index contributed by atoms with van der Waals surface area (Å²) in [4.78, 5) is 21.4. The van der Waals surface area contributed by atoms with Gasteiger partial charge in [-0.25, -0.2) is 9.97 Å². The zero-order chi connectivity index (χ0) is 25.2. The third-order valence-corrected chi connectivity index (χ3v) is 11.9. The molecule has 0 N–H and O–H groups in total. The van der Waals surface area contributed by atoms with E-state index in [1.807, 2.05) is 17.4 Å². The van der Waals surface area contributed by atoms with Gasteiger partial charge in [0.25, 0.3) is 0 Å². The van der Waals surface area contributed by atoms with Crippen molar-refractivity contribution in [1.29, 1.82) is 0 Å². The fourth-order valence-electron chi connectivity index (χ4n) is 3.35. The van der Waals surface area contributed by atoms with Crippen LogP contribution in [0.1, 0.15) is 9.75 Å². The SMILES string of the molecule is C#CC#CC#CC#Cc1ccc(-c2ccc(-c3nc4sc(-c5ccc(-c6ccc(C)s6)s5)nc4s3)s2)s1. The Kier molecular flexibility index (Phi) is 6.79. The van der Waals surface area contributed by atoms with Crippen molar-refractivity contribution in [2.45, 2.75) is 6.92 Å². The Morgan fingerprint density at radius 2 is 1.05 bits per heavy atom. The maximum atomic E-state index is 5.06. The lowest BCUT2D eigenvalue weighted by Crippen LogP contribution is -1.67. The highest BCUT2D eigenvalue weighted by molar-refractivity contribution is 7.33. The van der Waals surface area contributed by atoms with E-state index >= 15 is 0 Å². The van der Waals surface area contributed by atoms with Gasteiger partial charge in [0.15, 0.2) is 9.66 Å². The molecular weight excluding hydrogens is 569 g/mol. The van der Waals surface area contributed by atoms with Crippen molar-refractivity contribution in [3.05, 3.63) is 58.3 Å². The molecule has 0 bridgehead atoms. The van der Waals surface area contributed by atoms with Gasteiger partial charge in [0.1, 0.15) is 10.0 Å². The second kappa shape index (κ2) is 10.5. The molecule has 6 aromatic rings. The van der Waals surface area contributed by atoms with Gasteiger partial charge in [-0.3, -0.25) is 0 Å². The lowest BCUT2D eigenvalue weighted by molar-refractivity contribution is 1.51. The first-order chi connectivity index (χ1) is 18.2. The van der Waals surface area contributed by atoms with Gasteiger partial charge in [0, 0.05) is 24.4 Å². The zero-order valence-corrected chi connectivity index (χ0v) is 23.9. The Bertz CT molecular complexity index is 1960. The summed E-state index contributed by atoms with van der Waals surface area (Å²) >= 11 is 10.3. The second-order valence-corrected chi connectivity index (χ2v) is 13.9. The zero-order valence-electron chi connectivity index (χ0n) is 19.0. The topological polar surface area (TPSA) is 25.8 Å². The van der Waals surface area contributed by atoms with E-state index in [1.165, 1.54) is 29.3 Å².